The predicted molar refractivity (Wildman–Crippen MR) is 22.1 cm³/mol. The van der Waals surface area contributed by atoms with Crippen molar-refractivity contribution < 1.29 is 21.1 Å². The van der Waals surface area contributed by atoms with Gasteiger partial charge in [0.15, 0.2) is 0 Å². The second kappa shape index (κ2) is 5.58. The van der Waals surface area contributed by atoms with Crippen molar-refractivity contribution in [1.29, 1.82) is 0 Å². The third-order valence-electron chi connectivity index (χ3n) is 0.553. The third kappa shape index (κ3) is 4.58. The molecule has 1 nitrogen and oxygen atoms in total. The Balaban J connectivity index is 2.34. The summed E-state index contributed by atoms with van der Waals surface area (Å²) in [6.07, 6.45) is 0. The van der Waals surface area contributed by atoms with Gasteiger partial charge in [-0.3, -0.25) is 0 Å². The molecular formula is C4H10OZn. The number of hydrogen-bond acceptors (Lipinski definition) is 1. The van der Waals surface area contributed by atoms with E-state index in [2.05, 4.69) is 13.8 Å². The molecule has 0 rings (SSSR count). The van der Waals surface area contributed by atoms with Crippen molar-refractivity contribution in [1.82, 2.24) is 0 Å². The molecule has 0 radical (unpaired) electrons. The minimum atomic E-state index is -0.425. The van der Waals surface area contributed by atoms with Crippen LogP contribution in [0.15, 0.2) is 0 Å². The fourth-order valence-corrected chi connectivity index (χ4v) is 1.50. The summed E-state index contributed by atoms with van der Waals surface area (Å²) >= 11 is -0.425. The van der Waals surface area contributed by atoms with E-state index < -0.39 is 17.5 Å². The van der Waals surface area contributed by atoms with Gasteiger partial charge in [-0.05, 0) is 0 Å². The zero-order valence-corrected chi connectivity index (χ0v) is 7.50. The predicted octanol–water partition coefficient (Wildman–Crippen LogP) is 1.46. The average Bonchev–Trinajstić information content (AvgIpc) is 1.61. The summed E-state index contributed by atoms with van der Waals surface area (Å²) in [7, 11) is 0. The van der Waals surface area contributed by atoms with Gasteiger partial charge in [0.05, 0.1) is 0 Å². The van der Waals surface area contributed by atoms with Crippen LogP contribution in [0.25, 0.3) is 0 Å². The van der Waals surface area contributed by atoms with Crippen LogP contribution >= 0.6 is 0 Å². The SMILES string of the molecule is CC[O][Zn][CH2]C. The van der Waals surface area contributed by atoms with Gasteiger partial charge >= 0.3 is 46.5 Å². The summed E-state index contributed by atoms with van der Waals surface area (Å²) in [5.74, 6) is 0. The summed E-state index contributed by atoms with van der Waals surface area (Å²) in [6.45, 7) is 5.18. The number of hydrogen-bond donors (Lipinski definition) is 0. The summed E-state index contributed by atoms with van der Waals surface area (Å²) in [6, 6.07) is 0. The first kappa shape index (κ1) is 6.58. The van der Waals surface area contributed by atoms with Gasteiger partial charge in [0.2, 0.25) is 0 Å². The molecule has 0 bridgehead atoms. The Kier molecular flexibility index (Phi) is 6.13. The Morgan fingerprint density at radius 2 is 2.17 bits per heavy atom. The molecule has 0 saturated carbocycles. The maximum absolute atomic E-state index is 5.17. The molecule has 2 heteroatoms. The van der Waals surface area contributed by atoms with E-state index in [0.717, 1.165) is 6.61 Å². The molecule has 0 amide bonds. The van der Waals surface area contributed by atoms with Crippen LogP contribution in [0.5, 0.6) is 0 Å². The van der Waals surface area contributed by atoms with Crippen LogP contribution in [-0.2, 0) is 21.1 Å². The van der Waals surface area contributed by atoms with E-state index in [1.807, 2.05) is 0 Å². The molecule has 0 aromatic rings. The fraction of sp³-hybridized carbons (Fsp3) is 1.00. The Morgan fingerprint density at radius 3 is 2.33 bits per heavy atom. The normalized spacial score (nSPS) is 7.67. The van der Waals surface area contributed by atoms with Crippen molar-refractivity contribution in [3.05, 3.63) is 0 Å². The van der Waals surface area contributed by atoms with Crippen LogP contribution in [0.2, 0.25) is 5.02 Å². The Bertz CT molecular complexity index is 19.5. The van der Waals surface area contributed by atoms with E-state index in [1.54, 1.807) is 0 Å². The molecule has 6 heavy (non-hydrogen) atoms. The van der Waals surface area contributed by atoms with Crippen LogP contribution in [0.4, 0.5) is 0 Å². The van der Waals surface area contributed by atoms with E-state index >= 15 is 0 Å². The van der Waals surface area contributed by atoms with Crippen molar-refractivity contribution >= 4 is 0 Å². The van der Waals surface area contributed by atoms with Gasteiger partial charge in [0.25, 0.3) is 0 Å². The van der Waals surface area contributed by atoms with Gasteiger partial charge in [-0.1, -0.05) is 0 Å². The molecule has 0 spiro atoms. The van der Waals surface area contributed by atoms with Gasteiger partial charge in [-0.25, -0.2) is 0 Å². The Labute approximate surface area is 47.1 Å². The van der Waals surface area contributed by atoms with Gasteiger partial charge in [-0.2, -0.15) is 0 Å². The van der Waals surface area contributed by atoms with Gasteiger partial charge < -0.3 is 0 Å². The van der Waals surface area contributed by atoms with E-state index in [4.69, 9.17) is 3.56 Å². The maximum atomic E-state index is 5.17. The minimum absolute atomic E-state index is 0.425. The van der Waals surface area contributed by atoms with E-state index in [1.165, 1.54) is 5.02 Å². The molecule has 0 heterocycles. The molecule has 0 aliphatic rings. The molecule has 0 aromatic heterocycles. The zero-order valence-electron chi connectivity index (χ0n) is 4.53. The molecule has 0 aliphatic carbocycles. The van der Waals surface area contributed by atoms with Crippen LogP contribution in [-0.4, -0.2) is 6.61 Å². The van der Waals surface area contributed by atoms with Crippen molar-refractivity contribution in [3.8, 4) is 0 Å². The first-order chi connectivity index (χ1) is 2.91. The summed E-state index contributed by atoms with van der Waals surface area (Å²) in [5.41, 5.74) is 0. The first-order valence-electron chi connectivity index (χ1n) is 2.49. The monoisotopic (exact) mass is 138 g/mol. The van der Waals surface area contributed by atoms with E-state index in [9.17, 15) is 0 Å². The Morgan fingerprint density at radius 1 is 1.50 bits per heavy atom. The van der Waals surface area contributed by atoms with E-state index in [0.29, 0.717) is 0 Å². The molecule has 0 unspecified atom stereocenters. The summed E-state index contributed by atoms with van der Waals surface area (Å²) in [5, 5.41) is 1.32. The molecule has 0 aromatic carbocycles. The molecule has 0 fully saturated rings. The summed E-state index contributed by atoms with van der Waals surface area (Å²) < 4.78 is 5.17. The molecule has 34 valence electrons. The fourth-order valence-electron chi connectivity index (χ4n) is 0.289. The second-order valence-corrected chi connectivity index (χ2v) is 5.01. The molecule has 0 N–H and O–H groups in total. The van der Waals surface area contributed by atoms with Gasteiger partial charge in [-0.15, -0.1) is 0 Å². The van der Waals surface area contributed by atoms with Crippen LogP contribution in [0, 0.1) is 0 Å². The molecule has 0 atom stereocenters. The average molecular weight is 140 g/mol. The van der Waals surface area contributed by atoms with Crippen molar-refractivity contribution in [2.24, 2.45) is 0 Å². The molecule has 0 aliphatic heterocycles. The first-order valence-corrected chi connectivity index (χ1v) is 5.80. The van der Waals surface area contributed by atoms with E-state index in [-0.39, 0.29) is 0 Å². The van der Waals surface area contributed by atoms with Crippen molar-refractivity contribution in [2.45, 2.75) is 18.9 Å². The van der Waals surface area contributed by atoms with Gasteiger partial charge in [0.1, 0.15) is 0 Å². The van der Waals surface area contributed by atoms with Crippen LogP contribution < -0.4 is 0 Å². The third-order valence-corrected chi connectivity index (χ3v) is 2.87. The van der Waals surface area contributed by atoms with Crippen molar-refractivity contribution in [2.75, 3.05) is 6.61 Å². The second-order valence-electron chi connectivity index (χ2n) is 1.20. The van der Waals surface area contributed by atoms with Crippen LogP contribution in [0.3, 0.4) is 0 Å². The molecule has 0 saturated heterocycles. The van der Waals surface area contributed by atoms with Gasteiger partial charge in [0, 0.05) is 0 Å². The summed E-state index contributed by atoms with van der Waals surface area (Å²) in [4.78, 5) is 0. The molecular weight excluding hydrogens is 129 g/mol. The van der Waals surface area contributed by atoms with Crippen molar-refractivity contribution in [3.63, 3.8) is 0 Å². The zero-order chi connectivity index (χ0) is 4.83. The van der Waals surface area contributed by atoms with Crippen LogP contribution in [0.1, 0.15) is 13.8 Å². The standard InChI is InChI=1S/C2H5O.C2H5.Zn/c1-2-3;1-2;/h2H2,1H3;1H2,2H3;/q-1;;+1. The topological polar surface area (TPSA) is 9.23 Å². The number of rotatable bonds is 3. The Hall–Kier alpha value is 0.583. The quantitative estimate of drug-likeness (QED) is 0.425.